The first-order valence-corrected chi connectivity index (χ1v) is 13.4. The number of nitrogens with one attached hydrogen (secondary N) is 1. The summed E-state index contributed by atoms with van der Waals surface area (Å²) in [5.41, 5.74) is -3.84. The Hall–Kier alpha value is -5.07. The maximum Gasteiger partial charge on any atom is 0.429 e. The molecule has 2 amide bonds. The maximum absolute atomic E-state index is 14.2. The summed E-state index contributed by atoms with van der Waals surface area (Å²) in [5.74, 6) is -7.36. The third kappa shape index (κ3) is 8.06. The van der Waals surface area contributed by atoms with E-state index in [4.69, 9.17) is 9.47 Å². The monoisotopic (exact) mass is 615 g/mol. The van der Waals surface area contributed by atoms with Crippen LogP contribution in [0.5, 0.6) is 5.75 Å². The van der Waals surface area contributed by atoms with Gasteiger partial charge in [0.2, 0.25) is 11.2 Å². The van der Waals surface area contributed by atoms with Gasteiger partial charge in [-0.25, -0.2) is 32.4 Å². The molecule has 3 rings (SSSR count). The third-order valence-electron chi connectivity index (χ3n) is 6.09. The number of rotatable bonds is 11. The van der Waals surface area contributed by atoms with Gasteiger partial charge in [0.05, 0.1) is 6.04 Å². The van der Waals surface area contributed by atoms with Crippen molar-refractivity contribution in [2.75, 3.05) is 5.01 Å². The Morgan fingerprint density at radius 1 is 1.11 bits per heavy atom. The number of pyridine rings is 1. The number of aromatic carboxylic acids is 1. The van der Waals surface area contributed by atoms with Crippen molar-refractivity contribution in [3.05, 3.63) is 111 Å². The standard InChI is InChI=1S/C31H32F3N3O7/c1-6-10-18(2)37(30(42)44-31(3,4)5)36-16-22(28(39)35-15-21-23(33)13-20(32)14-24(21)34)26(38)27(25(36)29(40)41)43-17-19-11-8-7-9-12-19/h6-9,11-14,16,18H,1,10,15,17H2,2-5H3,(H,35,39)(H,40,41). The predicted molar refractivity (Wildman–Crippen MR) is 155 cm³/mol. The molecule has 0 spiro atoms. The number of carbonyl (C=O) groups is 3. The van der Waals surface area contributed by atoms with Gasteiger partial charge in [0, 0.05) is 30.4 Å². The van der Waals surface area contributed by atoms with Gasteiger partial charge in [-0.15, -0.1) is 6.58 Å². The lowest BCUT2D eigenvalue weighted by atomic mass is 10.1. The lowest BCUT2D eigenvalue weighted by molar-refractivity contribution is 0.0512. The van der Waals surface area contributed by atoms with Crippen LogP contribution in [-0.4, -0.2) is 39.4 Å². The van der Waals surface area contributed by atoms with Gasteiger partial charge in [-0.3, -0.25) is 9.59 Å². The first-order chi connectivity index (χ1) is 20.6. The molecule has 1 heterocycles. The Morgan fingerprint density at radius 3 is 2.27 bits per heavy atom. The van der Waals surface area contributed by atoms with Crippen LogP contribution in [0.25, 0.3) is 0 Å². The van der Waals surface area contributed by atoms with Crippen LogP contribution in [0.2, 0.25) is 0 Å². The largest absolute Gasteiger partial charge is 0.482 e. The zero-order chi connectivity index (χ0) is 32.8. The van der Waals surface area contributed by atoms with E-state index in [1.54, 1.807) is 58.0 Å². The van der Waals surface area contributed by atoms with Crippen LogP contribution in [0, 0.1) is 17.5 Å². The van der Waals surface area contributed by atoms with Crippen molar-refractivity contribution in [2.45, 2.75) is 58.9 Å². The number of hydrogen-bond donors (Lipinski definition) is 2. The minimum Gasteiger partial charge on any atom is -0.482 e. The number of carbonyl (C=O) groups excluding carboxylic acids is 2. The van der Waals surface area contributed by atoms with Gasteiger partial charge in [0.25, 0.3) is 5.91 Å². The number of halogens is 3. The van der Waals surface area contributed by atoms with Gasteiger partial charge in [0.1, 0.15) is 35.2 Å². The second kappa shape index (κ2) is 13.9. The highest BCUT2D eigenvalue weighted by Gasteiger charge is 2.34. The molecule has 2 aromatic carbocycles. The Bertz CT molecular complexity index is 1600. The van der Waals surface area contributed by atoms with Gasteiger partial charge in [-0.05, 0) is 39.7 Å². The SMILES string of the molecule is C=CCC(C)N(C(=O)OC(C)(C)C)n1cc(C(=O)NCc2c(F)cc(F)cc2F)c(=O)c(OCc2ccccc2)c1C(=O)O. The first-order valence-electron chi connectivity index (χ1n) is 13.4. The van der Waals surface area contributed by atoms with Gasteiger partial charge < -0.3 is 19.9 Å². The van der Waals surface area contributed by atoms with Gasteiger partial charge in [0.15, 0.2) is 5.69 Å². The van der Waals surface area contributed by atoms with E-state index in [0.29, 0.717) is 17.7 Å². The fourth-order valence-electron chi connectivity index (χ4n) is 4.10. The lowest BCUT2D eigenvalue weighted by Gasteiger charge is -2.34. The van der Waals surface area contributed by atoms with Gasteiger partial charge in [-0.2, -0.15) is 0 Å². The number of benzene rings is 2. The maximum atomic E-state index is 14.2. The molecule has 1 unspecified atom stereocenters. The molecule has 0 saturated heterocycles. The number of nitrogens with zero attached hydrogens (tertiary/aromatic N) is 2. The van der Waals surface area contributed by atoms with E-state index in [1.807, 2.05) is 0 Å². The van der Waals surface area contributed by atoms with Crippen molar-refractivity contribution in [1.29, 1.82) is 0 Å². The second-order valence-corrected chi connectivity index (χ2v) is 10.7. The number of carboxylic acids is 1. The number of hydrogen-bond acceptors (Lipinski definition) is 6. The number of aromatic nitrogens is 1. The molecule has 234 valence electrons. The topological polar surface area (TPSA) is 127 Å². The van der Waals surface area contributed by atoms with E-state index in [1.165, 1.54) is 6.08 Å². The average Bonchev–Trinajstić information content (AvgIpc) is 2.91. The highest BCUT2D eigenvalue weighted by Crippen LogP contribution is 2.22. The van der Waals surface area contributed by atoms with Crippen LogP contribution in [0.1, 0.15) is 66.1 Å². The summed E-state index contributed by atoms with van der Waals surface area (Å²) in [5, 5.41) is 13.3. The summed E-state index contributed by atoms with van der Waals surface area (Å²) in [7, 11) is 0. The van der Waals surface area contributed by atoms with E-state index in [0.717, 1.165) is 15.9 Å². The van der Waals surface area contributed by atoms with Crippen LogP contribution in [0.15, 0.2) is 66.1 Å². The van der Waals surface area contributed by atoms with Crippen LogP contribution >= 0.6 is 0 Å². The van der Waals surface area contributed by atoms with E-state index >= 15 is 0 Å². The molecule has 44 heavy (non-hydrogen) atoms. The molecule has 0 bridgehead atoms. The van der Waals surface area contributed by atoms with E-state index in [2.05, 4.69) is 11.9 Å². The first kappa shape index (κ1) is 33.4. The lowest BCUT2D eigenvalue weighted by Crippen LogP contribution is -2.51. The third-order valence-corrected chi connectivity index (χ3v) is 6.09. The Balaban J connectivity index is 2.22. The zero-order valence-electron chi connectivity index (χ0n) is 24.5. The number of amides is 2. The molecule has 0 aliphatic heterocycles. The molecule has 0 aliphatic rings. The fraction of sp³-hybridized carbons (Fsp3) is 0.290. The molecule has 0 radical (unpaired) electrons. The van der Waals surface area contributed by atoms with E-state index in [-0.39, 0.29) is 13.0 Å². The fourth-order valence-corrected chi connectivity index (χ4v) is 4.10. The van der Waals surface area contributed by atoms with Gasteiger partial charge >= 0.3 is 12.1 Å². The van der Waals surface area contributed by atoms with Crippen molar-refractivity contribution in [3.8, 4) is 5.75 Å². The normalized spacial score (nSPS) is 11.8. The summed E-state index contributed by atoms with van der Waals surface area (Å²) in [6.45, 7) is 8.89. The molecule has 0 saturated carbocycles. The zero-order valence-corrected chi connectivity index (χ0v) is 24.5. The quantitative estimate of drug-likeness (QED) is 0.280. The molecule has 1 aromatic heterocycles. The molecule has 2 N–H and O–H groups in total. The van der Waals surface area contributed by atoms with Gasteiger partial charge in [-0.1, -0.05) is 36.4 Å². The highest BCUT2D eigenvalue weighted by molar-refractivity contribution is 5.97. The smallest absolute Gasteiger partial charge is 0.429 e. The minimum absolute atomic E-state index is 0.134. The van der Waals surface area contributed by atoms with Crippen molar-refractivity contribution >= 4 is 18.0 Å². The summed E-state index contributed by atoms with van der Waals surface area (Å²) < 4.78 is 53.7. The molecule has 0 fully saturated rings. The Labute approximate surface area is 251 Å². The van der Waals surface area contributed by atoms with Crippen LogP contribution < -0.4 is 20.5 Å². The second-order valence-electron chi connectivity index (χ2n) is 10.7. The Kier molecular flexibility index (Phi) is 10.6. The summed E-state index contributed by atoms with van der Waals surface area (Å²) in [4.78, 5) is 53.0. The van der Waals surface area contributed by atoms with Crippen LogP contribution in [0.3, 0.4) is 0 Å². The van der Waals surface area contributed by atoms with Crippen LogP contribution in [-0.2, 0) is 17.9 Å². The molecule has 10 nitrogen and oxygen atoms in total. The number of ether oxygens (including phenoxy) is 2. The highest BCUT2D eigenvalue weighted by atomic mass is 19.1. The summed E-state index contributed by atoms with van der Waals surface area (Å²) >= 11 is 0. The summed E-state index contributed by atoms with van der Waals surface area (Å²) in [6.07, 6.45) is 1.39. The molecule has 1 atom stereocenters. The van der Waals surface area contributed by atoms with Crippen molar-refractivity contribution in [3.63, 3.8) is 0 Å². The molecular formula is C31H32F3N3O7. The predicted octanol–water partition coefficient (Wildman–Crippen LogP) is 5.31. The molecule has 0 aliphatic carbocycles. The van der Waals surface area contributed by atoms with Crippen molar-refractivity contribution in [1.82, 2.24) is 9.99 Å². The van der Waals surface area contributed by atoms with Crippen molar-refractivity contribution in [2.24, 2.45) is 0 Å². The van der Waals surface area contributed by atoms with Crippen LogP contribution in [0.4, 0.5) is 18.0 Å². The number of carboxylic acid groups (broad SMARTS) is 1. The van der Waals surface area contributed by atoms with Crippen molar-refractivity contribution < 1.29 is 42.1 Å². The average molecular weight is 616 g/mol. The van der Waals surface area contributed by atoms with E-state index in [9.17, 15) is 37.5 Å². The Morgan fingerprint density at radius 2 is 1.73 bits per heavy atom. The molecule has 13 heteroatoms. The molecule has 3 aromatic rings. The minimum atomic E-state index is -1.67. The van der Waals surface area contributed by atoms with E-state index < -0.39 is 81.6 Å². The summed E-state index contributed by atoms with van der Waals surface area (Å²) in [6, 6.07) is 8.45. The molecular weight excluding hydrogens is 583 g/mol.